The van der Waals surface area contributed by atoms with E-state index in [1.54, 1.807) is 4.90 Å². The molecule has 1 fully saturated rings. The Morgan fingerprint density at radius 2 is 2.15 bits per heavy atom. The molecule has 2 aromatic heterocycles. The number of carboxylic acids is 1. The Kier molecular flexibility index (Phi) is 5.40. The van der Waals surface area contributed by atoms with Crippen molar-refractivity contribution in [2.24, 2.45) is 5.73 Å². The maximum atomic E-state index is 12.4. The molecular formula is C15H18ClN7O4. The van der Waals surface area contributed by atoms with Gasteiger partial charge in [0.15, 0.2) is 11.5 Å². The van der Waals surface area contributed by atoms with Crippen molar-refractivity contribution in [3.8, 4) is 0 Å². The van der Waals surface area contributed by atoms with Crippen molar-refractivity contribution < 1.29 is 19.5 Å². The molecule has 0 spiro atoms. The van der Waals surface area contributed by atoms with E-state index in [4.69, 9.17) is 17.3 Å². The predicted molar refractivity (Wildman–Crippen MR) is 95.1 cm³/mol. The minimum atomic E-state index is -1.23. The van der Waals surface area contributed by atoms with Crippen LogP contribution in [0.15, 0.2) is 6.33 Å². The summed E-state index contributed by atoms with van der Waals surface area (Å²) in [5.74, 6) is -1.94. The number of aromatic amines is 1. The van der Waals surface area contributed by atoms with Crippen molar-refractivity contribution in [3.05, 3.63) is 11.6 Å². The van der Waals surface area contributed by atoms with Crippen molar-refractivity contribution in [3.63, 3.8) is 0 Å². The van der Waals surface area contributed by atoms with E-state index in [1.165, 1.54) is 6.33 Å². The molecule has 2 aromatic rings. The Morgan fingerprint density at radius 1 is 1.41 bits per heavy atom. The number of carbonyl (C=O) groups excluding carboxylic acids is 2. The molecule has 0 bridgehead atoms. The molecule has 0 saturated heterocycles. The van der Waals surface area contributed by atoms with E-state index in [-0.39, 0.29) is 30.7 Å². The first-order valence-corrected chi connectivity index (χ1v) is 8.66. The molecule has 144 valence electrons. The van der Waals surface area contributed by atoms with E-state index in [0.717, 1.165) is 12.8 Å². The summed E-state index contributed by atoms with van der Waals surface area (Å²) in [5, 5.41) is 11.6. The number of primary amides is 1. The second-order valence-corrected chi connectivity index (χ2v) is 6.58. The number of anilines is 1. The number of hydrogen-bond acceptors (Lipinski definition) is 7. The second-order valence-electron chi connectivity index (χ2n) is 6.24. The SMILES string of the molecule is NC(=O)CC[C@H](NC(=O)CN(c1nc(Cl)nc2nc[nH]c12)C1CC1)C(=O)O. The van der Waals surface area contributed by atoms with Crippen molar-refractivity contribution in [2.75, 3.05) is 11.4 Å². The molecule has 5 N–H and O–H groups in total. The Morgan fingerprint density at radius 3 is 2.78 bits per heavy atom. The quantitative estimate of drug-likeness (QED) is 0.423. The molecule has 0 unspecified atom stereocenters. The number of amides is 2. The molecule has 0 aliphatic heterocycles. The first-order valence-electron chi connectivity index (χ1n) is 8.29. The first kappa shape index (κ1) is 18.8. The van der Waals surface area contributed by atoms with E-state index in [0.29, 0.717) is 17.0 Å². The molecule has 11 nitrogen and oxygen atoms in total. The average molecular weight is 396 g/mol. The highest BCUT2D eigenvalue weighted by Gasteiger charge is 2.34. The molecule has 1 saturated carbocycles. The molecule has 2 heterocycles. The molecule has 1 aliphatic rings. The fraction of sp³-hybridized carbons (Fsp3) is 0.467. The fourth-order valence-electron chi connectivity index (χ4n) is 2.70. The summed E-state index contributed by atoms with van der Waals surface area (Å²) in [5.41, 5.74) is 5.96. The Balaban J connectivity index is 1.76. The van der Waals surface area contributed by atoms with E-state index in [9.17, 15) is 19.5 Å². The molecule has 12 heteroatoms. The topological polar surface area (TPSA) is 167 Å². The van der Waals surface area contributed by atoms with Crippen LogP contribution in [0.2, 0.25) is 5.28 Å². The minimum absolute atomic E-state index is 0.000490. The van der Waals surface area contributed by atoms with Gasteiger partial charge in [0.1, 0.15) is 11.6 Å². The number of nitrogens with one attached hydrogen (secondary N) is 2. The van der Waals surface area contributed by atoms with E-state index in [1.807, 2.05) is 0 Å². The highest BCUT2D eigenvalue weighted by Crippen LogP contribution is 2.33. The van der Waals surface area contributed by atoms with Crippen LogP contribution >= 0.6 is 11.6 Å². The standard InChI is InChI=1S/C15H18ClN7O4/c16-15-21-12-11(18-6-19-12)13(22-15)23(7-1-2-7)5-10(25)20-8(14(26)27)3-4-9(17)24/h6-8H,1-5H2,(H2,17,24)(H,20,25)(H,26,27)(H,18,19,21,22)/t8-/m0/s1. The van der Waals surface area contributed by atoms with Crippen LogP contribution in [0.4, 0.5) is 5.82 Å². The lowest BCUT2D eigenvalue weighted by Gasteiger charge is -2.24. The largest absolute Gasteiger partial charge is 0.480 e. The average Bonchev–Trinajstić information content (AvgIpc) is 3.33. The summed E-state index contributed by atoms with van der Waals surface area (Å²) >= 11 is 5.96. The van der Waals surface area contributed by atoms with Crippen molar-refractivity contribution in [1.29, 1.82) is 0 Å². The summed E-state index contributed by atoms with van der Waals surface area (Å²) in [7, 11) is 0. The molecule has 1 aliphatic carbocycles. The van der Waals surface area contributed by atoms with Gasteiger partial charge in [0.25, 0.3) is 0 Å². The van der Waals surface area contributed by atoms with Gasteiger partial charge in [-0.2, -0.15) is 9.97 Å². The summed E-state index contributed by atoms with van der Waals surface area (Å²) in [6.07, 6.45) is 2.97. The maximum Gasteiger partial charge on any atom is 0.326 e. The zero-order chi connectivity index (χ0) is 19.6. The molecule has 2 amide bonds. The number of nitrogens with zero attached hydrogens (tertiary/aromatic N) is 4. The van der Waals surface area contributed by atoms with E-state index in [2.05, 4.69) is 25.3 Å². The third-order valence-electron chi connectivity index (χ3n) is 4.13. The highest BCUT2D eigenvalue weighted by atomic mass is 35.5. The van der Waals surface area contributed by atoms with Gasteiger partial charge < -0.3 is 26.0 Å². The Hall–Kier alpha value is -2.95. The zero-order valence-corrected chi connectivity index (χ0v) is 14.9. The molecule has 1 atom stereocenters. The van der Waals surface area contributed by atoms with Crippen LogP contribution in [0, 0.1) is 0 Å². The van der Waals surface area contributed by atoms with Gasteiger partial charge in [0, 0.05) is 12.5 Å². The predicted octanol–water partition coefficient (Wildman–Crippen LogP) is -0.190. The lowest BCUT2D eigenvalue weighted by atomic mass is 10.1. The van der Waals surface area contributed by atoms with E-state index >= 15 is 0 Å². The molecule has 0 radical (unpaired) electrons. The number of aliphatic carboxylic acids is 1. The minimum Gasteiger partial charge on any atom is -0.480 e. The van der Waals surface area contributed by atoms with Crippen molar-refractivity contribution >= 4 is 46.4 Å². The van der Waals surface area contributed by atoms with Crippen LogP contribution < -0.4 is 16.0 Å². The third kappa shape index (κ3) is 4.61. The van der Waals surface area contributed by atoms with Gasteiger partial charge >= 0.3 is 5.97 Å². The van der Waals surface area contributed by atoms with Crippen LogP contribution in [0.5, 0.6) is 0 Å². The van der Waals surface area contributed by atoms with Crippen LogP contribution in [0.3, 0.4) is 0 Å². The first-order chi connectivity index (χ1) is 12.8. The zero-order valence-electron chi connectivity index (χ0n) is 14.2. The van der Waals surface area contributed by atoms with Crippen LogP contribution in [0.25, 0.3) is 11.2 Å². The monoisotopic (exact) mass is 395 g/mol. The number of rotatable bonds is 9. The molecule has 3 rings (SSSR count). The van der Waals surface area contributed by atoms with Gasteiger partial charge in [-0.25, -0.2) is 9.78 Å². The van der Waals surface area contributed by atoms with Gasteiger partial charge in [-0.05, 0) is 30.9 Å². The van der Waals surface area contributed by atoms with Gasteiger partial charge in [0.05, 0.1) is 12.9 Å². The summed E-state index contributed by atoms with van der Waals surface area (Å²) in [6, 6.07) is -1.12. The van der Waals surface area contributed by atoms with Gasteiger partial charge in [-0.1, -0.05) is 0 Å². The number of nitrogens with two attached hydrogens (primary N) is 1. The Labute approximate surface area is 158 Å². The number of imidazole rings is 1. The molecular weight excluding hydrogens is 378 g/mol. The second kappa shape index (κ2) is 7.74. The van der Waals surface area contributed by atoms with Crippen LogP contribution in [0.1, 0.15) is 25.7 Å². The molecule has 0 aromatic carbocycles. The smallest absolute Gasteiger partial charge is 0.326 e. The number of halogens is 1. The third-order valence-corrected chi connectivity index (χ3v) is 4.29. The number of carboxylic acid groups (broad SMARTS) is 1. The fourth-order valence-corrected chi connectivity index (χ4v) is 2.86. The van der Waals surface area contributed by atoms with Crippen molar-refractivity contribution in [1.82, 2.24) is 25.3 Å². The summed E-state index contributed by atoms with van der Waals surface area (Å²) in [6.45, 7) is -0.119. The number of fused-ring (bicyclic) bond motifs is 1. The highest BCUT2D eigenvalue weighted by molar-refractivity contribution is 6.28. The molecule has 27 heavy (non-hydrogen) atoms. The normalized spacial score (nSPS) is 14.7. The maximum absolute atomic E-state index is 12.4. The van der Waals surface area contributed by atoms with Crippen LogP contribution in [-0.2, 0) is 14.4 Å². The summed E-state index contributed by atoms with van der Waals surface area (Å²) in [4.78, 5) is 51.6. The Bertz CT molecular complexity index is 882. The summed E-state index contributed by atoms with van der Waals surface area (Å²) < 4.78 is 0. The number of carbonyl (C=O) groups is 3. The number of hydrogen-bond donors (Lipinski definition) is 4. The van der Waals surface area contributed by atoms with Gasteiger partial charge in [-0.3, -0.25) is 9.59 Å². The number of aromatic nitrogens is 4. The lowest BCUT2D eigenvalue weighted by molar-refractivity contribution is -0.142. The van der Waals surface area contributed by atoms with Gasteiger partial charge in [-0.15, -0.1) is 0 Å². The van der Waals surface area contributed by atoms with Gasteiger partial charge in [0.2, 0.25) is 17.1 Å². The van der Waals surface area contributed by atoms with E-state index < -0.39 is 23.8 Å². The number of H-pyrrole nitrogens is 1. The van der Waals surface area contributed by atoms with Crippen molar-refractivity contribution in [2.45, 2.75) is 37.8 Å². The lowest BCUT2D eigenvalue weighted by Crippen LogP contribution is -2.46. The van der Waals surface area contributed by atoms with Crippen LogP contribution in [-0.4, -0.2) is 61.5 Å².